The lowest BCUT2D eigenvalue weighted by atomic mass is 9.84. The number of nitrogens with zero attached hydrogens (tertiary/aromatic N) is 1. The molecule has 1 rings (SSSR count). The summed E-state index contributed by atoms with van der Waals surface area (Å²) >= 11 is 0. The van der Waals surface area contributed by atoms with E-state index in [0.29, 0.717) is 0 Å². The largest absolute Gasteiger partial charge is 0.390 e. The van der Waals surface area contributed by atoms with E-state index in [2.05, 4.69) is 32.6 Å². The summed E-state index contributed by atoms with van der Waals surface area (Å²) in [6.07, 6.45) is 4.53. The van der Waals surface area contributed by atoms with Crippen LogP contribution in [0.4, 0.5) is 0 Å². The van der Waals surface area contributed by atoms with Crippen molar-refractivity contribution in [1.29, 1.82) is 0 Å². The molecule has 20 heavy (non-hydrogen) atoms. The lowest BCUT2D eigenvalue weighted by molar-refractivity contribution is -0.0913. The van der Waals surface area contributed by atoms with E-state index in [4.69, 9.17) is 4.74 Å². The van der Waals surface area contributed by atoms with Gasteiger partial charge in [-0.15, -0.1) is 0 Å². The van der Waals surface area contributed by atoms with E-state index in [1.54, 1.807) is 0 Å². The number of hydrogen-bond acceptors (Lipinski definition) is 3. The first-order valence-corrected chi connectivity index (χ1v) is 8.35. The molecule has 0 aromatic rings. The Bertz CT molecular complexity index is 281. The Hall–Kier alpha value is -0.120. The molecule has 0 aromatic heterocycles. The number of rotatable bonds is 8. The zero-order valence-electron chi connectivity index (χ0n) is 14.4. The average molecular weight is 285 g/mol. The van der Waals surface area contributed by atoms with Gasteiger partial charge in [0, 0.05) is 12.5 Å². The number of aliphatic hydroxyl groups excluding tert-OH is 1. The minimum Gasteiger partial charge on any atom is -0.390 e. The Morgan fingerprint density at radius 3 is 1.80 bits per heavy atom. The first-order valence-electron chi connectivity index (χ1n) is 8.35. The maximum Gasteiger partial charge on any atom is 0.0896 e. The molecule has 1 aliphatic rings. The van der Waals surface area contributed by atoms with Crippen LogP contribution in [0.5, 0.6) is 0 Å². The molecule has 1 N–H and O–H groups in total. The number of hydrogen-bond donors (Lipinski definition) is 1. The van der Waals surface area contributed by atoms with E-state index >= 15 is 0 Å². The van der Waals surface area contributed by atoms with Gasteiger partial charge in [0.2, 0.25) is 0 Å². The molecule has 0 spiro atoms. The fourth-order valence-corrected chi connectivity index (χ4v) is 3.33. The average Bonchev–Trinajstić information content (AvgIpc) is 2.50. The molecule has 2 unspecified atom stereocenters. The number of ether oxygens (including phenoxy) is 1. The van der Waals surface area contributed by atoms with Crippen LogP contribution >= 0.6 is 0 Å². The van der Waals surface area contributed by atoms with Crippen molar-refractivity contribution in [3.05, 3.63) is 0 Å². The zero-order valence-corrected chi connectivity index (χ0v) is 14.4. The quantitative estimate of drug-likeness (QED) is 0.741. The van der Waals surface area contributed by atoms with Crippen LogP contribution in [0.2, 0.25) is 0 Å². The minimum absolute atomic E-state index is 0.186. The second-order valence-corrected chi connectivity index (χ2v) is 7.37. The SMILES string of the molecule is CCCCN(CCCC)CC1C(O)C(C)(C)OC1(C)C. The standard InChI is InChI=1S/C17H35NO2/c1-7-9-11-18(12-10-8-2)13-14-15(19)17(5,6)20-16(14,3)4/h14-15,19H,7-13H2,1-6H3. The van der Waals surface area contributed by atoms with E-state index in [-0.39, 0.29) is 17.6 Å². The van der Waals surface area contributed by atoms with Gasteiger partial charge in [-0.3, -0.25) is 0 Å². The first kappa shape index (κ1) is 17.9. The lowest BCUT2D eigenvalue weighted by Crippen LogP contribution is -2.44. The van der Waals surface area contributed by atoms with Gasteiger partial charge >= 0.3 is 0 Å². The highest BCUT2D eigenvalue weighted by molar-refractivity contribution is 5.02. The molecule has 0 aliphatic carbocycles. The molecule has 0 radical (unpaired) electrons. The summed E-state index contributed by atoms with van der Waals surface area (Å²) in [7, 11) is 0. The summed E-state index contributed by atoms with van der Waals surface area (Å²) in [5, 5.41) is 10.6. The molecule has 0 amide bonds. The fraction of sp³-hybridized carbons (Fsp3) is 1.00. The Labute approximate surface area is 125 Å². The van der Waals surface area contributed by atoms with Gasteiger partial charge in [-0.1, -0.05) is 26.7 Å². The fourth-order valence-electron chi connectivity index (χ4n) is 3.33. The van der Waals surface area contributed by atoms with Crippen molar-refractivity contribution in [3.8, 4) is 0 Å². The van der Waals surface area contributed by atoms with Crippen molar-refractivity contribution >= 4 is 0 Å². The Morgan fingerprint density at radius 1 is 0.950 bits per heavy atom. The van der Waals surface area contributed by atoms with Gasteiger partial charge in [0.25, 0.3) is 0 Å². The summed E-state index contributed by atoms with van der Waals surface area (Å²) in [6.45, 7) is 15.9. The van der Waals surface area contributed by atoms with Crippen LogP contribution in [0.15, 0.2) is 0 Å². The molecule has 3 heteroatoms. The third-order valence-electron chi connectivity index (χ3n) is 4.62. The minimum atomic E-state index is -0.435. The van der Waals surface area contributed by atoms with Gasteiger partial charge in [0.05, 0.1) is 17.3 Å². The Kier molecular flexibility index (Phi) is 6.49. The molecule has 1 fully saturated rings. The molecule has 120 valence electrons. The van der Waals surface area contributed by atoms with Gasteiger partial charge in [-0.25, -0.2) is 0 Å². The summed E-state index contributed by atoms with van der Waals surface area (Å²) in [6, 6.07) is 0. The summed E-state index contributed by atoms with van der Waals surface area (Å²) in [5.41, 5.74) is -0.686. The van der Waals surface area contributed by atoms with Gasteiger partial charge in [0.15, 0.2) is 0 Å². The van der Waals surface area contributed by atoms with E-state index < -0.39 is 5.60 Å². The Morgan fingerprint density at radius 2 is 1.45 bits per heavy atom. The second kappa shape index (κ2) is 7.24. The molecular formula is C17H35NO2. The zero-order chi connectivity index (χ0) is 15.4. The van der Waals surface area contributed by atoms with E-state index in [9.17, 15) is 5.11 Å². The van der Waals surface area contributed by atoms with E-state index in [1.165, 1.54) is 25.7 Å². The maximum atomic E-state index is 10.6. The maximum absolute atomic E-state index is 10.6. The van der Waals surface area contributed by atoms with Crippen LogP contribution in [-0.2, 0) is 4.74 Å². The molecule has 1 heterocycles. The molecular weight excluding hydrogens is 250 g/mol. The molecule has 1 aliphatic heterocycles. The van der Waals surface area contributed by atoms with Crippen molar-refractivity contribution in [2.45, 2.75) is 84.5 Å². The predicted octanol–water partition coefficient (Wildman–Crippen LogP) is 3.45. The summed E-state index contributed by atoms with van der Waals surface area (Å²) in [4.78, 5) is 2.52. The second-order valence-electron chi connectivity index (χ2n) is 7.37. The van der Waals surface area contributed by atoms with Crippen molar-refractivity contribution in [2.75, 3.05) is 19.6 Å². The molecule has 1 saturated heterocycles. The topological polar surface area (TPSA) is 32.7 Å². The third-order valence-corrected chi connectivity index (χ3v) is 4.62. The third kappa shape index (κ3) is 4.44. The molecule has 2 atom stereocenters. The van der Waals surface area contributed by atoms with Gasteiger partial charge in [-0.05, 0) is 53.6 Å². The van der Waals surface area contributed by atoms with Crippen molar-refractivity contribution < 1.29 is 9.84 Å². The predicted molar refractivity (Wildman–Crippen MR) is 85.0 cm³/mol. The monoisotopic (exact) mass is 285 g/mol. The normalized spacial score (nSPS) is 28.2. The van der Waals surface area contributed by atoms with E-state index in [1.807, 2.05) is 13.8 Å². The smallest absolute Gasteiger partial charge is 0.0896 e. The highest BCUT2D eigenvalue weighted by Gasteiger charge is 2.53. The number of aliphatic hydroxyl groups is 1. The lowest BCUT2D eigenvalue weighted by Gasteiger charge is -2.32. The molecule has 0 saturated carbocycles. The van der Waals surface area contributed by atoms with Crippen LogP contribution in [-0.4, -0.2) is 46.9 Å². The van der Waals surface area contributed by atoms with Crippen molar-refractivity contribution in [3.63, 3.8) is 0 Å². The van der Waals surface area contributed by atoms with Crippen LogP contribution in [0, 0.1) is 5.92 Å². The number of unbranched alkanes of at least 4 members (excludes halogenated alkanes) is 2. The van der Waals surface area contributed by atoms with Crippen LogP contribution < -0.4 is 0 Å². The summed E-state index contributed by atoms with van der Waals surface area (Å²) < 4.78 is 6.09. The highest BCUT2D eigenvalue weighted by Crippen LogP contribution is 2.42. The highest BCUT2D eigenvalue weighted by atomic mass is 16.5. The molecule has 0 aromatic carbocycles. The van der Waals surface area contributed by atoms with E-state index in [0.717, 1.165) is 19.6 Å². The van der Waals surface area contributed by atoms with Crippen molar-refractivity contribution in [2.24, 2.45) is 5.92 Å². The van der Waals surface area contributed by atoms with Crippen molar-refractivity contribution in [1.82, 2.24) is 4.90 Å². The first-order chi connectivity index (χ1) is 9.24. The van der Waals surface area contributed by atoms with Gasteiger partial charge in [-0.2, -0.15) is 0 Å². The van der Waals surface area contributed by atoms with Gasteiger partial charge < -0.3 is 14.7 Å². The van der Waals surface area contributed by atoms with Crippen LogP contribution in [0.1, 0.15) is 67.2 Å². The van der Waals surface area contributed by atoms with Gasteiger partial charge in [0.1, 0.15) is 0 Å². The van der Waals surface area contributed by atoms with Crippen LogP contribution in [0.25, 0.3) is 0 Å². The van der Waals surface area contributed by atoms with Crippen LogP contribution in [0.3, 0.4) is 0 Å². The summed E-state index contributed by atoms with van der Waals surface area (Å²) in [5.74, 6) is 0.186. The Balaban J connectivity index is 2.70. The molecule has 3 nitrogen and oxygen atoms in total. The molecule has 0 bridgehead atoms.